The lowest BCUT2D eigenvalue weighted by molar-refractivity contribution is 0.414. The van der Waals surface area contributed by atoms with Gasteiger partial charge in [-0.3, -0.25) is 0 Å². The molecule has 0 spiro atoms. The first-order valence-corrected chi connectivity index (χ1v) is 9.62. The van der Waals surface area contributed by atoms with Crippen LogP contribution in [-0.4, -0.2) is 16.7 Å². The van der Waals surface area contributed by atoms with E-state index in [2.05, 4.69) is 52.0 Å². The normalized spacial score (nSPS) is 12.1. The van der Waals surface area contributed by atoms with Gasteiger partial charge in [-0.15, -0.1) is 11.8 Å². The molecule has 3 nitrogen and oxygen atoms in total. The Balaban J connectivity index is 1.78. The van der Waals surface area contributed by atoms with E-state index in [1.807, 2.05) is 43.3 Å². The highest BCUT2D eigenvalue weighted by molar-refractivity contribution is 8.15. The maximum atomic E-state index is 5.27. The first-order valence-electron chi connectivity index (χ1n) is 7.70. The molecule has 24 heavy (non-hydrogen) atoms. The van der Waals surface area contributed by atoms with Crippen molar-refractivity contribution in [3.05, 3.63) is 78.1 Å². The molecule has 0 amide bonds. The number of hydrogen-bond donors (Lipinski definition) is 0. The minimum absolute atomic E-state index is 0.275. The molecule has 0 aliphatic carbocycles. The summed E-state index contributed by atoms with van der Waals surface area (Å²) in [6, 6.07) is 18.9. The van der Waals surface area contributed by atoms with Crippen LogP contribution < -0.4 is 4.74 Å². The summed E-state index contributed by atoms with van der Waals surface area (Å²) in [5.74, 6) is 1.85. The minimum Gasteiger partial charge on any atom is -0.497 e. The number of aryl methyl sites for hydroxylation is 1. The summed E-state index contributed by atoms with van der Waals surface area (Å²) in [6.45, 7) is 0. The predicted octanol–water partition coefficient (Wildman–Crippen LogP) is 5.15. The third kappa shape index (κ3) is 4.36. The number of ether oxygens (including phenoxy) is 1. The molecule has 0 bridgehead atoms. The van der Waals surface area contributed by atoms with E-state index in [9.17, 15) is 0 Å². The van der Waals surface area contributed by atoms with E-state index in [1.165, 1.54) is 11.1 Å². The van der Waals surface area contributed by atoms with Gasteiger partial charge >= 0.3 is 0 Å². The topological polar surface area (TPSA) is 27.1 Å². The fourth-order valence-electron chi connectivity index (χ4n) is 2.27. The highest BCUT2D eigenvalue weighted by Gasteiger charge is 2.16. The van der Waals surface area contributed by atoms with Gasteiger partial charge in [0.25, 0.3) is 0 Å². The molecule has 0 fully saturated rings. The van der Waals surface area contributed by atoms with Crippen molar-refractivity contribution in [3.8, 4) is 5.75 Å². The van der Waals surface area contributed by atoms with Crippen molar-refractivity contribution in [2.24, 2.45) is 7.05 Å². The number of hydrogen-bond acceptors (Lipinski definition) is 4. The van der Waals surface area contributed by atoms with Crippen molar-refractivity contribution < 1.29 is 4.74 Å². The van der Waals surface area contributed by atoms with Gasteiger partial charge < -0.3 is 9.30 Å². The van der Waals surface area contributed by atoms with Crippen LogP contribution in [0, 0.1) is 0 Å². The lowest BCUT2D eigenvalue weighted by atomic mass is 10.2. The number of imidazole rings is 1. The summed E-state index contributed by atoms with van der Waals surface area (Å²) >= 11 is 3.70. The molecule has 124 valence electrons. The number of aromatic nitrogens is 2. The number of thioether (sulfide) groups is 2. The summed E-state index contributed by atoms with van der Waals surface area (Å²) in [4.78, 5) is 4.46. The summed E-state index contributed by atoms with van der Waals surface area (Å²) in [7, 11) is 3.72. The zero-order valence-electron chi connectivity index (χ0n) is 13.8. The number of rotatable bonds is 7. The van der Waals surface area contributed by atoms with Crippen LogP contribution in [0.25, 0.3) is 0 Å². The molecule has 1 aromatic heterocycles. The Morgan fingerprint density at radius 2 is 1.83 bits per heavy atom. The molecule has 0 saturated carbocycles. The van der Waals surface area contributed by atoms with Crippen molar-refractivity contribution in [2.45, 2.75) is 15.5 Å². The molecule has 3 rings (SSSR count). The van der Waals surface area contributed by atoms with Crippen LogP contribution in [0.15, 0.2) is 72.1 Å². The second-order valence-electron chi connectivity index (χ2n) is 5.34. The molecular weight excluding hydrogens is 336 g/mol. The molecule has 1 unspecified atom stereocenters. The van der Waals surface area contributed by atoms with Gasteiger partial charge in [0.1, 0.15) is 5.75 Å². The molecule has 0 saturated heterocycles. The molecule has 0 N–H and O–H groups in total. The van der Waals surface area contributed by atoms with Crippen LogP contribution in [-0.2, 0) is 12.8 Å². The number of nitrogens with zero attached hydrogens (tertiary/aromatic N) is 2. The van der Waals surface area contributed by atoms with Crippen LogP contribution in [0.4, 0.5) is 0 Å². The maximum absolute atomic E-state index is 5.27. The highest BCUT2D eigenvalue weighted by Crippen LogP contribution is 2.44. The van der Waals surface area contributed by atoms with Crippen LogP contribution in [0.1, 0.15) is 15.7 Å². The first-order chi connectivity index (χ1) is 11.8. The van der Waals surface area contributed by atoms with Gasteiger partial charge in [-0.1, -0.05) is 54.2 Å². The average Bonchev–Trinajstić information content (AvgIpc) is 3.04. The van der Waals surface area contributed by atoms with Gasteiger partial charge in [-0.05, 0) is 23.3 Å². The van der Waals surface area contributed by atoms with Crippen LogP contribution in [0.2, 0.25) is 0 Å². The summed E-state index contributed by atoms with van der Waals surface area (Å²) in [6.07, 6.45) is 3.82. The Morgan fingerprint density at radius 3 is 2.46 bits per heavy atom. The molecule has 0 aliphatic heterocycles. The smallest absolute Gasteiger partial charge is 0.169 e. The molecule has 0 aliphatic rings. The minimum atomic E-state index is 0.275. The monoisotopic (exact) mass is 356 g/mol. The van der Waals surface area contributed by atoms with Gasteiger partial charge in [-0.2, -0.15) is 0 Å². The molecule has 5 heteroatoms. The zero-order valence-corrected chi connectivity index (χ0v) is 15.4. The van der Waals surface area contributed by atoms with Crippen molar-refractivity contribution in [2.75, 3.05) is 7.11 Å². The maximum Gasteiger partial charge on any atom is 0.169 e. The summed E-state index contributed by atoms with van der Waals surface area (Å²) in [5, 5.41) is 1.02. The standard InChI is InChI=1S/C19H20N2OS2/c1-21-13-12-20-19(21)24-18(16-8-10-17(22-2)11-9-16)23-14-15-6-4-3-5-7-15/h3-13,18H,14H2,1-2H3. The quantitative estimate of drug-likeness (QED) is 0.432. The summed E-state index contributed by atoms with van der Waals surface area (Å²) in [5.41, 5.74) is 2.60. The first kappa shape index (κ1) is 17.0. The molecule has 2 aromatic carbocycles. The zero-order chi connectivity index (χ0) is 16.8. The van der Waals surface area contributed by atoms with E-state index in [4.69, 9.17) is 4.74 Å². The Bertz CT molecular complexity index is 757. The van der Waals surface area contributed by atoms with Crippen LogP contribution >= 0.6 is 23.5 Å². The van der Waals surface area contributed by atoms with Gasteiger partial charge in [-0.25, -0.2) is 4.98 Å². The van der Waals surface area contributed by atoms with Gasteiger partial charge in [0.15, 0.2) is 5.16 Å². The van der Waals surface area contributed by atoms with Crippen LogP contribution in [0.5, 0.6) is 5.75 Å². The third-order valence-electron chi connectivity index (χ3n) is 3.62. The Hall–Kier alpha value is -1.85. The van der Waals surface area contributed by atoms with E-state index >= 15 is 0 Å². The largest absolute Gasteiger partial charge is 0.497 e. The van der Waals surface area contributed by atoms with E-state index in [0.717, 1.165) is 16.7 Å². The van der Waals surface area contributed by atoms with E-state index in [-0.39, 0.29) is 4.58 Å². The Labute approximate surface area is 151 Å². The van der Waals surface area contributed by atoms with E-state index < -0.39 is 0 Å². The van der Waals surface area contributed by atoms with Gasteiger partial charge in [0.2, 0.25) is 0 Å². The molecule has 3 aromatic rings. The third-order valence-corrected chi connectivity index (χ3v) is 6.48. The van der Waals surface area contributed by atoms with Crippen molar-refractivity contribution in [3.63, 3.8) is 0 Å². The molecule has 0 radical (unpaired) electrons. The lowest BCUT2D eigenvalue weighted by Crippen LogP contribution is -1.96. The van der Waals surface area contributed by atoms with Crippen molar-refractivity contribution in [1.29, 1.82) is 0 Å². The average molecular weight is 357 g/mol. The fourth-order valence-corrected chi connectivity index (χ4v) is 4.72. The van der Waals surface area contributed by atoms with E-state index in [0.29, 0.717) is 0 Å². The van der Waals surface area contributed by atoms with Crippen LogP contribution in [0.3, 0.4) is 0 Å². The number of methoxy groups -OCH3 is 1. The van der Waals surface area contributed by atoms with Gasteiger partial charge in [0.05, 0.1) is 11.7 Å². The fraction of sp³-hybridized carbons (Fsp3) is 0.211. The van der Waals surface area contributed by atoms with Crippen molar-refractivity contribution in [1.82, 2.24) is 9.55 Å². The predicted molar refractivity (Wildman–Crippen MR) is 103 cm³/mol. The number of benzene rings is 2. The van der Waals surface area contributed by atoms with Gasteiger partial charge in [0, 0.05) is 25.2 Å². The lowest BCUT2D eigenvalue weighted by Gasteiger charge is -2.17. The summed E-state index contributed by atoms with van der Waals surface area (Å²) < 4.78 is 7.61. The molecular formula is C19H20N2OS2. The second-order valence-corrected chi connectivity index (χ2v) is 7.80. The highest BCUT2D eigenvalue weighted by atomic mass is 32.2. The molecule has 1 atom stereocenters. The van der Waals surface area contributed by atoms with E-state index in [1.54, 1.807) is 18.9 Å². The molecule has 1 heterocycles. The Kier molecular flexibility index (Phi) is 5.88. The van der Waals surface area contributed by atoms with Crippen molar-refractivity contribution >= 4 is 23.5 Å². The SMILES string of the molecule is COc1ccc(C(SCc2ccccc2)Sc2nccn2C)cc1. The second kappa shape index (κ2) is 8.31. The Morgan fingerprint density at radius 1 is 1.08 bits per heavy atom.